The lowest BCUT2D eigenvalue weighted by molar-refractivity contribution is 0.0996. The molecule has 0 saturated carbocycles. The van der Waals surface area contributed by atoms with Crippen molar-refractivity contribution >= 4 is 17.5 Å². The first-order chi connectivity index (χ1) is 12.4. The number of nitrogens with two attached hydrogens (primary N) is 1. The Hall–Kier alpha value is -3.11. The van der Waals surface area contributed by atoms with Gasteiger partial charge in [-0.05, 0) is 32.0 Å². The lowest BCUT2D eigenvalue weighted by atomic mass is 10.1. The molecule has 0 aliphatic carbocycles. The number of carbonyl (C=O) groups is 1. The van der Waals surface area contributed by atoms with Gasteiger partial charge in [0.1, 0.15) is 17.6 Å². The second-order valence-electron chi connectivity index (χ2n) is 6.02. The van der Waals surface area contributed by atoms with E-state index < -0.39 is 5.91 Å². The van der Waals surface area contributed by atoms with Crippen LogP contribution in [0.25, 0.3) is 11.3 Å². The molecule has 0 saturated heterocycles. The van der Waals surface area contributed by atoms with Crippen LogP contribution in [-0.4, -0.2) is 25.2 Å². The Kier molecular flexibility index (Phi) is 4.78. The van der Waals surface area contributed by atoms with Crippen molar-refractivity contribution in [3.05, 3.63) is 58.8 Å². The number of hydrogen-bond acceptors (Lipinski definition) is 4. The monoisotopic (exact) mass is 368 g/mol. The maximum Gasteiger partial charge on any atom is 0.268 e. The van der Waals surface area contributed by atoms with E-state index in [4.69, 9.17) is 22.6 Å². The third-order valence-electron chi connectivity index (χ3n) is 4.12. The van der Waals surface area contributed by atoms with Crippen molar-refractivity contribution in [3.8, 4) is 17.3 Å². The molecule has 2 heterocycles. The molecule has 0 radical (unpaired) electrons. The number of nitriles is 1. The zero-order chi connectivity index (χ0) is 18.8. The SMILES string of the molecule is Cc1nc(C(N)=O)cn1C(C)Cn1ccc(-c2ccc(C#N)c(Cl)c2)n1. The summed E-state index contributed by atoms with van der Waals surface area (Å²) in [6.07, 6.45) is 3.53. The van der Waals surface area contributed by atoms with Gasteiger partial charge in [-0.3, -0.25) is 9.48 Å². The first kappa shape index (κ1) is 17.7. The highest BCUT2D eigenvalue weighted by Crippen LogP contribution is 2.24. The minimum atomic E-state index is -0.543. The van der Waals surface area contributed by atoms with Gasteiger partial charge in [0.15, 0.2) is 0 Å². The fourth-order valence-corrected chi connectivity index (χ4v) is 3.01. The number of nitrogens with zero attached hydrogens (tertiary/aromatic N) is 5. The molecule has 0 spiro atoms. The van der Waals surface area contributed by atoms with Crippen LogP contribution >= 0.6 is 11.6 Å². The molecule has 2 N–H and O–H groups in total. The molecule has 26 heavy (non-hydrogen) atoms. The molecular weight excluding hydrogens is 352 g/mol. The number of rotatable bonds is 5. The zero-order valence-corrected chi connectivity index (χ0v) is 15.1. The maximum atomic E-state index is 11.3. The van der Waals surface area contributed by atoms with E-state index in [9.17, 15) is 4.79 Å². The summed E-state index contributed by atoms with van der Waals surface area (Å²) in [7, 11) is 0. The molecular formula is C18H17ClN6O. The van der Waals surface area contributed by atoms with E-state index in [0.717, 1.165) is 17.1 Å². The van der Waals surface area contributed by atoms with Crippen LogP contribution in [0.4, 0.5) is 0 Å². The average molecular weight is 369 g/mol. The predicted molar refractivity (Wildman–Crippen MR) is 97.6 cm³/mol. The average Bonchev–Trinajstić information content (AvgIpc) is 3.21. The van der Waals surface area contributed by atoms with Crippen LogP contribution in [0.3, 0.4) is 0 Å². The normalized spacial score (nSPS) is 11.9. The molecule has 0 fully saturated rings. The molecule has 0 aliphatic heterocycles. The number of aryl methyl sites for hydroxylation is 1. The van der Waals surface area contributed by atoms with Crippen molar-refractivity contribution in [2.75, 3.05) is 0 Å². The van der Waals surface area contributed by atoms with E-state index in [1.165, 1.54) is 0 Å². The highest BCUT2D eigenvalue weighted by atomic mass is 35.5. The molecule has 1 aromatic carbocycles. The van der Waals surface area contributed by atoms with Crippen molar-refractivity contribution in [3.63, 3.8) is 0 Å². The van der Waals surface area contributed by atoms with Gasteiger partial charge in [0, 0.05) is 18.0 Å². The number of carbonyl (C=O) groups excluding carboxylic acids is 1. The molecule has 0 bridgehead atoms. The minimum absolute atomic E-state index is 0.0351. The van der Waals surface area contributed by atoms with Crippen LogP contribution in [-0.2, 0) is 6.54 Å². The second-order valence-corrected chi connectivity index (χ2v) is 6.43. The highest BCUT2D eigenvalue weighted by Gasteiger charge is 2.14. The lowest BCUT2D eigenvalue weighted by Gasteiger charge is -2.15. The molecule has 8 heteroatoms. The van der Waals surface area contributed by atoms with Gasteiger partial charge < -0.3 is 10.3 Å². The third kappa shape index (κ3) is 3.46. The number of aromatic nitrogens is 4. The summed E-state index contributed by atoms with van der Waals surface area (Å²) >= 11 is 6.09. The summed E-state index contributed by atoms with van der Waals surface area (Å²) < 4.78 is 3.72. The van der Waals surface area contributed by atoms with Crippen LogP contribution in [0, 0.1) is 18.3 Å². The fraction of sp³-hybridized carbons (Fsp3) is 0.222. The van der Waals surface area contributed by atoms with Crippen molar-refractivity contribution in [2.45, 2.75) is 26.4 Å². The molecule has 1 amide bonds. The molecule has 0 aliphatic rings. The summed E-state index contributed by atoms with van der Waals surface area (Å²) in [5.41, 5.74) is 7.58. The smallest absolute Gasteiger partial charge is 0.268 e. The number of benzene rings is 1. The summed E-state index contributed by atoms with van der Waals surface area (Å²) in [5.74, 6) is 0.177. The standard InChI is InChI=1S/C18H17ClN6O/c1-11(25-10-17(18(21)26)22-12(25)2)9-24-6-5-16(23-24)13-3-4-14(8-20)15(19)7-13/h3-7,10-11H,9H2,1-2H3,(H2,21,26). The topological polar surface area (TPSA) is 103 Å². The molecule has 3 aromatic rings. The Labute approximate surface area is 155 Å². The Balaban J connectivity index is 1.79. The summed E-state index contributed by atoms with van der Waals surface area (Å²) in [6, 6.07) is 9.19. The fourth-order valence-electron chi connectivity index (χ4n) is 2.79. The largest absolute Gasteiger partial charge is 0.364 e. The Bertz CT molecular complexity index is 1010. The Morgan fingerprint density at radius 3 is 2.81 bits per heavy atom. The van der Waals surface area contributed by atoms with Crippen molar-refractivity contribution in [1.29, 1.82) is 5.26 Å². The number of amides is 1. The summed E-state index contributed by atoms with van der Waals surface area (Å²) in [5, 5.41) is 13.9. The number of hydrogen-bond donors (Lipinski definition) is 1. The molecule has 1 atom stereocenters. The van der Waals surface area contributed by atoms with Crippen molar-refractivity contribution < 1.29 is 4.79 Å². The van der Waals surface area contributed by atoms with Crippen molar-refractivity contribution in [2.24, 2.45) is 5.73 Å². The highest BCUT2D eigenvalue weighted by molar-refractivity contribution is 6.32. The van der Waals surface area contributed by atoms with E-state index in [1.807, 2.05) is 47.5 Å². The van der Waals surface area contributed by atoms with Gasteiger partial charge in [-0.2, -0.15) is 10.4 Å². The molecule has 132 valence electrons. The first-order valence-corrected chi connectivity index (χ1v) is 8.35. The molecule has 1 unspecified atom stereocenters. The van der Waals surface area contributed by atoms with Crippen LogP contribution in [0.5, 0.6) is 0 Å². The number of imidazole rings is 1. The van der Waals surface area contributed by atoms with Gasteiger partial charge in [-0.1, -0.05) is 17.7 Å². The number of halogens is 1. The van der Waals surface area contributed by atoms with Crippen LogP contribution < -0.4 is 5.73 Å². The Morgan fingerprint density at radius 1 is 1.42 bits per heavy atom. The van der Waals surface area contributed by atoms with Gasteiger partial charge in [-0.15, -0.1) is 0 Å². The number of primary amides is 1. The van der Waals surface area contributed by atoms with Crippen LogP contribution in [0.2, 0.25) is 5.02 Å². The van der Waals surface area contributed by atoms with Gasteiger partial charge >= 0.3 is 0 Å². The van der Waals surface area contributed by atoms with Gasteiger partial charge in [-0.25, -0.2) is 4.98 Å². The lowest BCUT2D eigenvalue weighted by Crippen LogP contribution is -2.14. The molecule has 3 rings (SSSR count). The van der Waals surface area contributed by atoms with Crippen LogP contribution in [0.15, 0.2) is 36.7 Å². The van der Waals surface area contributed by atoms with Gasteiger partial charge in [0.25, 0.3) is 5.91 Å². The quantitative estimate of drug-likeness (QED) is 0.747. The van der Waals surface area contributed by atoms with Crippen molar-refractivity contribution in [1.82, 2.24) is 19.3 Å². The second kappa shape index (κ2) is 7.02. The summed E-state index contributed by atoms with van der Waals surface area (Å²) in [4.78, 5) is 15.4. The molecule has 7 nitrogen and oxygen atoms in total. The van der Waals surface area contributed by atoms with E-state index in [1.54, 1.807) is 18.3 Å². The zero-order valence-electron chi connectivity index (χ0n) is 14.3. The predicted octanol–water partition coefficient (Wildman–Crippen LogP) is 2.94. The van der Waals surface area contributed by atoms with Gasteiger partial charge in [0.05, 0.1) is 28.9 Å². The van der Waals surface area contributed by atoms with Gasteiger partial charge in [0.2, 0.25) is 0 Å². The van der Waals surface area contributed by atoms with E-state index in [2.05, 4.69) is 10.1 Å². The van der Waals surface area contributed by atoms with E-state index in [-0.39, 0.29) is 11.7 Å². The molecule has 2 aromatic heterocycles. The summed E-state index contributed by atoms with van der Waals surface area (Å²) in [6.45, 7) is 4.44. The van der Waals surface area contributed by atoms with Crippen LogP contribution in [0.1, 0.15) is 34.8 Å². The van der Waals surface area contributed by atoms with E-state index in [0.29, 0.717) is 17.1 Å². The first-order valence-electron chi connectivity index (χ1n) is 7.97. The maximum absolute atomic E-state index is 11.3. The third-order valence-corrected chi connectivity index (χ3v) is 4.43. The minimum Gasteiger partial charge on any atom is -0.364 e. The van der Waals surface area contributed by atoms with E-state index >= 15 is 0 Å². The Morgan fingerprint density at radius 2 is 2.19 bits per heavy atom.